The molecule has 0 saturated heterocycles. The largest absolute Gasteiger partial charge is 0.385 e. The van der Waals surface area contributed by atoms with Crippen molar-refractivity contribution in [3.8, 4) is 0 Å². The van der Waals surface area contributed by atoms with Crippen LogP contribution in [0.3, 0.4) is 0 Å². The van der Waals surface area contributed by atoms with Gasteiger partial charge in [0.05, 0.1) is 0 Å². The zero-order valence-corrected chi connectivity index (χ0v) is 11.3. The summed E-state index contributed by atoms with van der Waals surface area (Å²) in [6.07, 6.45) is 7.95. The van der Waals surface area contributed by atoms with Crippen molar-refractivity contribution in [1.29, 1.82) is 0 Å². The molecule has 1 N–H and O–H groups in total. The molecule has 3 atom stereocenters. The summed E-state index contributed by atoms with van der Waals surface area (Å²) in [5.74, 6) is 1.83. The van der Waals surface area contributed by atoms with Crippen molar-refractivity contribution in [3.63, 3.8) is 0 Å². The number of nitrogens with one attached hydrogen (secondary N) is 1. The lowest BCUT2D eigenvalue weighted by Crippen LogP contribution is -2.36. The number of hydrogen-bond acceptors (Lipinski definition) is 2. The van der Waals surface area contributed by atoms with E-state index >= 15 is 0 Å². The Balaban J connectivity index is 1.97. The Bertz CT molecular complexity index is 172. The number of hydrogen-bond donors (Lipinski definition) is 1. The molecule has 0 heterocycles. The van der Waals surface area contributed by atoms with Crippen LogP contribution in [0, 0.1) is 11.8 Å². The zero-order chi connectivity index (χ0) is 11.8. The fourth-order valence-electron chi connectivity index (χ4n) is 2.59. The zero-order valence-electron chi connectivity index (χ0n) is 11.3. The molecule has 3 unspecified atom stereocenters. The molecule has 16 heavy (non-hydrogen) atoms. The van der Waals surface area contributed by atoms with Gasteiger partial charge in [0.1, 0.15) is 0 Å². The molecule has 1 fully saturated rings. The van der Waals surface area contributed by atoms with Crippen LogP contribution in [-0.2, 0) is 4.74 Å². The van der Waals surface area contributed by atoms with Crippen molar-refractivity contribution < 1.29 is 4.74 Å². The van der Waals surface area contributed by atoms with Gasteiger partial charge in [0, 0.05) is 19.8 Å². The average Bonchev–Trinajstić information content (AvgIpc) is 2.28. The van der Waals surface area contributed by atoms with E-state index in [0.29, 0.717) is 0 Å². The predicted octanol–water partition coefficient (Wildman–Crippen LogP) is 3.22. The Morgan fingerprint density at radius 2 is 1.88 bits per heavy atom. The molecular formula is C14H29NO. The first-order chi connectivity index (χ1) is 7.74. The van der Waals surface area contributed by atoms with Crippen molar-refractivity contribution >= 4 is 0 Å². The molecule has 0 aromatic carbocycles. The van der Waals surface area contributed by atoms with Crippen LogP contribution in [0.5, 0.6) is 0 Å². The maximum Gasteiger partial charge on any atom is 0.0462 e. The van der Waals surface area contributed by atoms with Crippen LogP contribution in [0.15, 0.2) is 0 Å². The summed E-state index contributed by atoms with van der Waals surface area (Å²) in [7, 11) is 1.78. The number of methoxy groups -OCH3 is 1. The van der Waals surface area contributed by atoms with Crippen LogP contribution in [0.1, 0.15) is 52.4 Å². The molecule has 0 bridgehead atoms. The van der Waals surface area contributed by atoms with E-state index in [9.17, 15) is 0 Å². The molecule has 0 radical (unpaired) electrons. The van der Waals surface area contributed by atoms with Crippen molar-refractivity contribution in [1.82, 2.24) is 5.32 Å². The first kappa shape index (κ1) is 14.0. The van der Waals surface area contributed by atoms with Gasteiger partial charge in [-0.1, -0.05) is 13.8 Å². The lowest BCUT2D eigenvalue weighted by molar-refractivity contribution is 0.191. The van der Waals surface area contributed by atoms with E-state index in [1.54, 1.807) is 7.11 Å². The van der Waals surface area contributed by atoms with E-state index in [2.05, 4.69) is 19.2 Å². The molecule has 0 amide bonds. The van der Waals surface area contributed by atoms with Crippen molar-refractivity contribution in [2.75, 3.05) is 20.3 Å². The number of rotatable bonds is 7. The first-order valence-corrected chi connectivity index (χ1v) is 6.96. The topological polar surface area (TPSA) is 21.3 Å². The second-order valence-corrected chi connectivity index (χ2v) is 5.47. The smallest absolute Gasteiger partial charge is 0.0462 e. The van der Waals surface area contributed by atoms with Gasteiger partial charge in [-0.15, -0.1) is 0 Å². The maximum absolute atomic E-state index is 5.04. The average molecular weight is 227 g/mol. The Labute approximate surface area is 101 Å². The SMILES string of the molecule is COCCCCCNC1CCC(C)C(C)C1. The fourth-order valence-corrected chi connectivity index (χ4v) is 2.59. The van der Waals surface area contributed by atoms with Gasteiger partial charge in [-0.2, -0.15) is 0 Å². The molecular weight excluding hydrogens is 198 g/mol. The first-order valence-electron chi connectivity index (χ1n) is 6.96. The van der Waals surface area contributed by atoms with Crippen LogP contribution in [0.4, 0.5) is 0 Å². The van der Waals surface area contributed by atoms with Crippen LogP contribution in [0.25, 0.3) is 0 Å². The standard InChI is InChI=1S/C14H29NO/c1-12-7-8-14(11-13(12)2)15-9-5-4-6-10-16-3/h12-15H,4-11H2,1-3H3. The molecule has 0 spiro atoms. The second kappa shape index (κ2) is 8.08. The van der Waals surface area contributed by atoms with E-state index in [-0.39, 0.29) is 0 Å². The highest BCUT2D eigenvalue weighted by atomic mass is 16.5. The third kappa shape index (κ3) is 5.31. The molecule has 1 aliphatic rings. The van der Waals surface area contributed by atoms with Crippen LogP contribution >= 0.6 is 0 Å². The van der Waals surface area contributed by atoms with Gasteiger partial charge >= 0.3 is 0 Å². The minimum Gasteiger partial charge on any atom is -0.385 e. The summed E-state index contributed by atoms with van der Waals surface area (Å²) in [4.78, 5) is 0. The Hall–Kier alpha value is -0.0800. The highest BCUT2D eigenvalue weighted by molar-refractivity contribution is 4.79. The molecule has 1 aliphatic carbocycles. The van der Waals surface area contributed by atoms with Crippen LogP contribution < -0.4 is 5.32 Å². The second-order valence-electron chi connectivity index (χ2n) is 5.47. The summed E-state index contributed by atoms with van der Waals surface area (Å²) in [6.45, 7) is 6.90. The van der Waals surface area contributed by atoms with Crippen molar-refractivity contribution in [2.45, 2.75) is 58.4 Å². The molecule has 0 aromatic rings. The van der Waals surface area contributed by atoms with Gasteiger partial charge in [0.25, 0.3) is 0 Å². The molecule has 1 saturated carbocycles. The monoisotopic (exact) mass is 227 g/mol. The minimum absolute atomic E-state index is 0.786. The molecule has 0 aromatic heterocycles. The Kier molecular flexibility index (Phi) is 7.06. The third-order valence-electron chi connectivity index (χ3n) is 4.06. The Morgan fingerprint density at radius 3 is 2.56 bits per heavy atom. The normalized spacial score (nSPS) is 30.6. The molecule has 96 valence electrons. The fraction of sp³-hybridized carbons (Fsp3) is 1.00. The highest BCUT2D eigenvalue weighted by Crippen LogP contribution is 2.29. The van der Waals surface area contributed by atoms with Crippen LogP contribution in [-0.4, -0.2) is 26.3 Å². The van der Waals surface area contributed by atoms with E-state index in [1.807, 2.05) is 0 Å². The van der Waals surface area contributed by atoms with E-state index in [0.717, 1.165) is 24.5 Å². The molecule has 1 rings (SSSR count). The maximum atomic E-state index is 5.04. The van der Waals surface area contributed by atoms with Gasteiger partial charge in [-0.3, -0.25) is 0 Å². The summed E-state index contributed by atoms with van der Waals surface area (Å²) >= 11 is 0. The lowest BCUT2D eigenvalue weighted by atomic mass is 9.79. The summed E-state index contributed by atoms with van der Waals surface area (Å²) in [5.41, 5.74) is 0. The van der Waals surface area contributed by atoms with Gasteiger partial charge in [0.2, 0.25) is 0 Å². The van der Waals surface area contributed by atoms with E-state index in [4.69, 9.17) is 4.74 Å². The third-order valence-corrected chi connectivity index (χ3v) is 4.06. The molecule has 2 heteroatoms. The lowest BCUT2D eigenvalue weighted by Gasteiger charge is -2.32. The number of ether oxygens (including phenoxy) is 1. The molecule has 2 nitrogen and oxygen atoms in total. The highest BCUT2D eigenvalue weighted by Gasteiger charge is 2.23. The Morgan fingerprint density at radius 1 is 1.06 bits per heavy atom. The van der Waals surface area contributed by atoms with Gasteiger partial charge in [-0.05, 0) is 56.9 Å². The van der Waals surface area contributed by atoms with Crippen molar-refractivity contribution in [2.24, 2.45) is 11.8 Å². The minimum atomic E-state index is 0.786. The summed E-state index contributed by atoms with van der Waals surface area (Å²) in [5, 5.41) is 3.71. The predicted molar refractivity (Wildman–Crippen MR) is 69.7 cm³/mol. The van der Waals surface area contributed by atoms with Gasteiger partial charge in [-0.25, -0.2) is 0 Å². The van der Waals surface area contributed by atoms with Gasteiger partial charge in [0.15, 0.2) is 0 Å². The summed E-state index contributed by atoms with van der Waals surface area (Å²) < 4.78 is 5.04. The van der Waals surface area contributed by atoms with Gasteiger partial charge < -0.3 is 10.1 Å². The quantitative estimate of drug-likeness (QED) is 0.674. The van der Waals surface area contributed by atoms with E-state index in [1.165, 1.54) is 45.1 Å². The summed E-state index contributed by atoms with van der Waals surface area (Å²) in [6, 6.07) is 0.786. The van der Waals surface area contributed by atoms with E-state index < -0.39 is 0 Å². The number of unbranched alkanes of at least 4 members (excludes halogenated alkanes) is 2. The van der Waals surface area contributed by atoms with Crippen molar-refractivity contribution in [3.05, 3.63) is 0 Å². The molecule has 0 aliphatic heterocycles. The van der Waals surface area contributed by atoms with Crippen LogP contribution in [0.2, 0.25) is 0 Å².